The minimum absolute atomic E-state index is 0.0185. The third kappa shape index (κ3) is 4.57. The standard InChI is InChI=1S/C20H24N2O3/c23-12-9-18-7-1-2-11-22(18)20(24)17-6-3-8-19(13-17)25-15-16-5-4-10-21-14-16/h3-6,8,10,13-14,18,23H,1-2,7,9,11-12,15H2. The number of aromatic nitrogens is 1. The summed E-state index contributed by atoms with van der Waals surface area (Å²) in [6.07, 6.45) is 7.23. The second kappa shape index (κ2) is 8.62. The van der Waals surface area contributed by atoms with Crippen LogP contribution in [0.2, 0.25) is 0 Å². The van der Waals surface area contributed by atoms with Crippen LogP contribution in [0.3, 0.4) is 0 Å². The van der Waals surface area contributed by atoms with Gasteiger partial charge >= 0.3 is 0 Å². The van der Waals surface area contributed by atoms with Crippen molar-refractivity contribution < 1.29 is 14.6 Å². The molecule has 1 aliphatic heterocycles. The van der Waals surface area contributed by atoms with E-state index in [-0.39, 0.29) is 18.6 Å². The molecule has 5 heteroatoms. The SMILES string of the molecule is O=C(c1cccc(OCc2cccnc2)c1)N1CCCCC1CCO. The first-order chi connectivity index (χ1) is 12.3. The van der Waals surface area contributed by atoms with Gasteiger partial charge in [0.25, 0.3) is 5.91 Å². The molecule has 3 rings (SSSR count). The van der Waals surface area contributed by atoms with E-state index >= 15 is 0 Å². The lowest BCUT2D eigenvalue weighted by molar-refractivity contribution is 0.0574. The fraction of sp³-hybridized carbons (Fsp3) is 0.400. The first-order valence-corrected chi connectivity index (χ1v) is 8.81. The predicted molar refractivity (Wildman–Crippen MR) is 95.4 cm³/mol. The number of carbonyl (C=O) groups is 1. The van der Waals surface area contributed by atoms with Gasteiger partial charge in [0.2, 0.25) is 0 Å². The zero-order valence-corrected chi connectivity index (χ0v) is 14.3. The molecular formula is C20H24N2O3. The highest BCUT2D eigenvalue weighted by Gasteiger charge is 2.27. The molecule has 1 amide bonds. The molecule has 2 heterocycles. The van der Waals surface area contributed by atoms with Crippen LogP contribution in [0.15, 0.2) is 48.8 Å². The van der Waals surface area contributed by atoms with E-state index in [0.29, 0.717) is 24.3 Å². The smallest absolute Gasteiger partial charge is 0.254 e. The lowest BCUT2D eigenvalue weighted by Gasteiger charge is -2.35. The quantitative estimate of drug-likeness (QED) is 0.878. The van der Waals surface area contributed by atoms with E-state index in [4.69, 9.17) is 4.74 Å². The van der Waals surface area contributed by atoms with Crippen molar-refractivity contribution in [2.75, 3.05) is 13.2 Å². The number of aliphatic hydroxyl groups is 1. The Morgan fingerprint density at radius 1 is 1.28 bits per heavy atom. The van der Waals surface area contributed by atoms with Gasteiger partial charge in [0.05, 0.1) is 0 Å². The maximum atomic E-state index is 12.9. The third-order valence-corrected chi connectivity index (χ3v) is 4.56. The van der Waals surface area contributed by atoms with Crippen LogP contribution in [0.25, 0.3) is 0 Å². The number of likely N-dealkylation sites (tertiary alicyclic amines) is 1. The summed E-state index contributed by atoms with van der Waals surface area (Å²) in [6, 6.07) is 11.3. The number of rotatable bonds is 6. The summed E-state index contributed by atoms with van der Waals surface area (Å²) in [5, 5.41) is 9.25. The van der Waals surface area contributed by atoms with Crippen molar-refractivity contribution in [3.63, 3.8) is 0 Å². The van der Waals surface area contributed by atoms with Gasteiger partial charge in [-0.05, 0) is 49.9 Å². The Morgan fingerprint density at radius 2 is 2.20 bits per heavy atom. The molecule has 1 aromatic heterocycles. The minimum atomic E-state index is 0.0185. The predicted octanol–water partition coefficient (Wildman–Crippen LogP) is 3.04. The number of hydrogen-bond donors (Lipinski definition) is 1. The van der Waals surface area contributed by atoms with Gasteiger partial charge in [0, 0.05) is 42.7 Å². The van der Waals surface area contributed by atoms with Crippen molar-refractivity contribution in [1.82, 2.24) is 9.88 Å². The molecule has 0 aliphatic carbocycles. The van der Waals surface area contributed by atoms with Crippen LogP contribution in [0.5, 0.6) is 5.75 Å². The van der Waals surface area contributed by atoms with Crippen LogP contribution < -0.4 is 4.74 Å². The fourth-order valence-electron chi connectivity index (χ4n) is 3.25. The van der Waals surface area contributed by atoms with E-state index in [0.717, 1.165) is 31.4 Å². The van der Waals surface area contributed by atoms with Gasteiger partial charge in [-0.2, -0.15) is 0 Å². The first-order valence-electron chi connectivity index (χ1n) is 8.81. The Hall–Kier alpha value is -2.40. The summed E-state index contributed by atoms with van der Waals surface area (Å²) in [5.41, 5.74) is 1.62. The summed E-state index contributed by atoms with van der Waals surface area (Å²) in [7, 11) is 0. The molecule has 132 valence electrons. The zero-order chi connectivity index (χ0) is 17.5. The Balaban J connectivity index is 1.68. The highest BCUT2D eigenvalue weighted by Crippen LogP contribution is 2.23. The summed E-state index contributed by atoms with van der Waals surface area (Å²) >= 11 is 0. The molecule has 2 aromatic rings. The molecule has 1 aliphatic rings. The van der Waals surface area contributed by atoms with Crippen molar-refractivity contribution in [2.24, 2.45) is 0 Å². The van der Waals surface area contributed by atoms with Crippen LogP contribution in [0, 0.1) is 0 Å². The fourth-order valence-corrected chi connectivity index (χ4v) is 3.25. The van der Waals surface area contributed by atoms with E-state index in [1.807, 2.05) is 35.2 Å². The molecule has 1 aromatic carbocycles. The molecule has 1 atom stereocenters. The number of piperidine rings is 1. The Kier molecular flexibility index (Phi) is 6.01. The van der Waals surface area contributed by atoms with Gasteiger partial charge in [0.15, 0.2) is 0 Å². The normalized spacial score (nSPS) is 17.3. The number of ether oxygens (including phenoxy) is 1. The van der Waals surface area contributed by atoms with Crippen molar-refractivity contribution in [3.8, 4) is 5.75 Å². The first kappa shape index (κ1) is 17.4. The maximum absolute atomic E-state index is 12.9. The average Bonchev–Trinajstić information content (AvgIpc) is 2.68. The van der Waals surface area contributed by atoms with Gasteiger partial charge in [-0.15, -0.1) is 0 Å². The third-order valence-electron chi connectivity index (χ3n) is 4.56. The Morgan fingerprint density at radius 3 is 3.00 bits per heavy atom. The van der Waals surface area contributed by atoms with Crippen molar-refractivity contribution in [3.05, 3.63) is 59.9 Å². The lowest BCUT2D eigenvalue weighted by Crippen LogP contribution is -2.44. The van der Waals surface area contributed by atoms with E-state index in [1.165, 1.54) is 0 Å². The number of hydrogen-bond acceptors (Lipinski definition) is 4. The molecule has 1 fully saturated rings. The number of pyridine rings is 1. The summed E-state index contributed by atoms with van der Waals surface area (Å²) in [4.78, 5) is 18.9. The second-order valence-corrected chi connectivity index (χ2v) is 6.34. The molecule has 1 saturated heterocycles. The van der Waals surface area contributed by atoms with Crippen LogP contribution in [0.1, 0.15) is 41.6 Å². The van der Waals surface area contributed by atoms with Crippen LogP contribution >= 0.6 is 0 Å². The number of aliphatic hydroxyl groups excluding tert-OH is 1. The Bertz CT molecular complexity index is 688. The van der Waals surface area contributed by atoms with Gasteiger partial charge < -0.3 is 14.7 Å². The van der Waals surface area contributed by atoms with Crippen LogP contribution in [-0.4, -0.2) is 40.1 Å². The summed E-state index contributed by atoms with van der Waals surface area (Å²) in [6.45, 7) is 1.29. The average molecular weight is 340 g/mol. The Labute approximate surface area is 148 Å². The van der Waals surface area contributed by atoms with Crippen molar-refractivity contribution >= 4 is 5.91 Å². The van der Waals surface area contributed by atoms with Crippen molar-refractivity contribution in [2.45, 2.75) is 38.3 Å². The molecule has 0 saturated carbocycles. The highest BCUT2D eigenvalue weighted by atomic mass is 16.5. The van der Waals surface area contributed by atoms with Gasteiger partial charge in [0.1, 0.15) is 12.4 Å². The van der Waals surface area contributed by atoms with E-state index in [9.17, 15) is 9.90 Å². The highest BCUT2D eigenvalue weighted by molar-refractivity contribution is 5.94. The number of benzene rings is 1. The molecular weight excluding hydrogens is 316 g/mol. The van der Waals surface area contributed by atoms with Gasteiger partial charge in [-0.25, -0.2) is 0 Å². The lowest BCUT2D eigenvalue weighted by atomic mass is 9.98. The molecule has 0 spiro atoms. The molecule has 5 nitrogen and oxygen atoms in total. The molecule has 1 N–H and O–H groups in total. The number of amides is 1. The van der Waals surface area contributed by atoms with Crippen molar-refractivity contribution in [1.29, 1.82) is 0 Å². The van der Waals surface area contributed by atoms with Crippen LogP contribution in [0.4, 0.5) is 0 Å². The maximum Gasteiger partial charge on any atom is 0.254 e. The molecule has 25 heavy (non-hydrogen) atoms. The molecule has 1 unspecified atom stereocenters. The summed E-state index contributed by atoms with van der Waals surface area (Å²) < 4.78 is 5.79. The monoisotopic (exact) mass is 340 g/mol. The molecule has 0 bridgehead atoms. The summed E-state index contributed by atoms with van der Waals surface area (Å²) in [5.74, 6) is 0.690. The zero-order valence-electron chi connectivity index (χ0n) is 14.3. The topological polar surface area (TPSA) is 62.7 Å². The minimum Gasteiger partial charge on any atom is -0.489 e. The van der Waals surface area contributed by atoms with Crippen LogP contribution in [-0.2, 0) is 6.61 Å². The van der Waals surface area contributed by atoms with Gasteiger partial charge in [-0.1, -0.05) is 12.1 Å². The molecule has 0 radical (unpaired) electrons. The van der Waals surface area contributed by atoms with E-state index in [2.05, 4.69) is 4.98 Å². The largest absolute Gasteiger partial charge is 0.489 e. The van der Waals surface area contributed by atoms with Gasteiger partial charge in [-0.3, -0.25) is 9.78 Å². The number of carbonyl (C=O) groups excluding carboxylic acids is 1. The number of nitrogens with zero attached hydrogens (tertiary/aromatic N) is 2. The van der Waals surface area contributed by atoms with E-state index < -0.39 is 0 Å². The second-order valence-electron chi connectivity index (χ2n) is 6.34. The van der Waals surface area contributed by atoms with E-state index in [1.54, 1.807) is 18.5 Å².